The molecule has 0 saturated heterocycles. The van der Waals surface area contributed by atoms with Gasteiger partial charge in [0, 0.05) is 26.3 Å². The van der Waals surface area contributed by atoms with Crippen LogP contribution < -0.4 is 14.8 Å². The topological polar surface area (TPSA) is 93.5 Å². The molecule has 3 aromatic rings. The van der Waals surface area contributed by atoms with E-state index in [9.17, 15) is 18.4 Å². The standard InChI is InChI=1S/C27H31F2N3O6/c1-35-14-12-32(27(34)30-23-8-7-20(28)16-22(23)29)18-26(33)31(17-21-5-4-13-38-21)11-10-19-6-9-24(36-2)25(15-19)37-3/h4-9,13,15-16H,10-12,14,17-18H2,1-3H3,(H,30,34). The van der Waals surface area contributed by atoms with E-state index in [0.29, 0.717) is 36.3 Å². The summed E-state index contributed by atoms with van der Waals surface area (Å²) in [7, 11) is 4.56. The maximum Gasteiger partial charge on any atom is 0.322 e. The lowest BCUT2D eigenvalue weighted by Crippen LogP contribution is -2.46. The molecule has 3 rings (SSSR count). The molecule has 0 fully saturated rings. The number of halogens is 2. The zero-order valence-electron chi connectivity index (χ0n) is 21.5. The van der Waals surface area contributed by atoms with E-state index < -0.39 is 17.7 Å². The zero-order valence-corrected chi connectivity index (χ0v) is 21.5. The molecular weight excluding hydrogens is 500 g/mol. The normalized spacial score (nSPS) is 10.7. The molecule has 3 amide bonds. The number of hydrogen-bond acceptors (Lipinski definition) is 6. The number of anilines is 1. The van der Waals surface area contributed by atoms with E-state index in [4.69, 9.17) is 18.6 Å². The smallest absolute Gasteiger partial charge is 0.322 e. The second-order valence-electron chi connectivity index (χ2n) is 8.30. The van der Waals surface area contributed by atoms with Crippen molar-refractivity contribution in [2.24, 2.45) is 0 Å². The molecular formula is C27H31F2N3O6. The highest BCUT2D eigenvalue weighted by atomic mass is 19.1. The molecule has 1 heterocycles. The van der Waals surface area contributed by atoms with Gasteiger partial charge in [0.25, 0.3) is 0 Å². The van der Waals surface area contributed by atoms with Crippen molar-refractivity contribution >= 4 is 17.6 Å². The number of benzene rings is 2. The van der Waals surface area contributed by atoms with Crippen molar-refractivity contribution in [2.75, 3.05) is 52.9 Å². The Kier molecular flexibility index (Phi) is 10.5. The monoisotopic (exact) mass is 531 g/mol. The number of nitrogens with one attached hydrogen (secondary N) is 1. The van der Waals surface area contributed by atoms with Gasteiger partial charge in [0.1, 0.15) is 23.9 Å². The Hall–Kier alpha value is -4.12. The van der Waals surface area contributed by atoms with Crippen molar-refractivity contribution in [3.05, 3.63) is 77.8 Å². The average Bonchev–Trinajstić information content (AvgIpc) is 3.43. The van der Waals surface area contributed by atoms with Gasteiger partial charge in [0.2, 0.25) is 5.91 Å². The second-order valence-corrected chi connectivity index (χ2v) is 8.30. The van der Waals surface area contributed by atoms with Crippen LogP contribution in [0.1, 0.15) is 11.3 Å². The number of furan rings is 1. The summed E-state index contributed by atoms with van der Waals surface area (Å²) in [5, 5.41) is 2.39. The van der Waals surface area contributed by atoms with Crippen LogP contribution in [0.15, 0.2) is 59.2 Å². The molecule has 0 unspecified atom stereocenters. The molecule has 0 atom stereocenters. The molecule has 0 aliphatic heterocycles. The van der Waals surface area contributed by atoms with E-state index in [1.54, 1.807) is 37.3 Å². The van der Waals surface area contributed by atoms with Gasteiger partial charge in [-0.05, 0) is 48.4 Å². The fourth-order valence-electron chi connectivity index (χ4n) is 3.69. The average molecular weight is 532 g/mol. The van der Waals surface area contributed by atoms with Crippen molar-refractivity contribution in [2.45, 2.75) is 13.0 Å². The molecule has 9 nitrogen and oxygen atoms in total. The third kappa shape index (κ3) is 7.94. The van der Waals surface area contributed by atoms with Crippen LogP contribution in [-0.2, 0) is 22.5 Å². The number of amides is 3. The summed E-state index contributed by atoms with van der Waals surface area (Å²) >= 11 is 0. The summed E-state index contributed by atoms with van der Waals surface area (Å²) < 4.78 is 48.5. The largest absolute Gasteiger partial charge is 0.493 e. The second kappa shape index (κ2) is 14.0. The predicted octanol–water partition coefficient (Wildman–Crippen LogP) is 4.33. The highest BCUT2D eigenvalue weighted by Crippen LogP contribution is 2.28. The Labute approximate surface area is 219 Å². The van der Waals surface area contributed by atoms with E-state index >= 15 is 0 Å². The van der Waals surface area contributed by atoms with Crippen LogP contribution in [0.3, 0.4) is 0 Å². The molecule has 1 N–H and O–H groups in total. The SMILES string of the molecule is COCCN(CC(=O)N(CCc1ccc(OC)c(OC)c1)Cc1ccco1)C(=O)Nc1ccc(F)cc1F. The van der Waals surface area contributed by atoms with Crippen molar-refractivity contribution in [1.29, 1.82) is 0 Å². The van der Waals surface area contributed by atoms with Crippen molar-refractivity contribution in [3.63, 3.8) is 0 Å². The molecule has 11 heteroatoms. The lowest BCUT2D eigenvalue weighted by atomic mass is 10.1. The first kappa shape index (κ1) is 28.5. The number of ether oxygens (including phenoxy) is 3. The lowest BCUT2D eigenvalue weighted by Gasteiger charge is -2.27. The number of nitrogens with zero attached hydrogens (tertiary/aromatic N) is 2. The summed E-state index contributed by atoms with van der Waals surface area (Å²) in [6, 6.07) is 11.1. The van der Waals surface area contributed by atoms with Crippen LogP contribution >= 0.6 is 0 Å². The molecule has 0 saturated carbocycles. The van der Waals surface area contributed by atoms with Crippen LogP contribution in [0.2, 0.25) is 0 Å². The molecule has 0 aliphatic carbocycles. The first-order valence-electron chi connectivity index (χ1n) is 11.9. The van der Waals surface area contributed by atoms with Crippen LogP contribution in [0.25, 0.3) is 0 Å². The van der Waals surface area contributed by atoms with Gasteiger partial charge >= 0.3 is 6.03 Å². The zero-order chi connectivity index (χ0) is 27.5. The summed E-state index contributed by atoms with van der Waals surface area (Å²) in [6.45, 7) is 0.426. The molecule has 2 aromatic carbocycles. The van der Waals surface area contributed by atoms with E-state index in [0.717, 1.165) is 17.7 Å². The maximum atomic E-state index is 14.1. The van der Waals surface area contributed by atoms with Gasteiger partial charge in [-0.15, -0.1) is 0 Å². The van der Waals surface area contributed by atoms with Gasteiger partial charge in [0.05, 0.1) is 39.3 Å². The first-order chi connectivity index (χ1) is 18.3. The minimum Gasteiger partial charge on any atom is -0.493 e. The van der Waals surface area contributed by atoms with Crippen LogP contribution in [-0.4, -0.2) is 69.3 Å². The number of carbonyl (C=O) groups excluding carboxylic acids is 2. The number of methoxy groups -OCH3 is 3. The molecule has 0 radical (unpaired) electrons. The van der Waals surface area contributed by atoms with Gasteiger partial charge in [-0.3, -0.25) is 4.79 Å². The third-order valence-electron chi connectivity index (χ3n) is 5.75. The van der Waals surface area contributed by atoms with Gasteiger partial charge < -0.3 is 33.7 Å². The van der Waals surface area contributed by atoms with Crippen LogP contribution in [0, 0.1) is 11.6 Å². The predicted molar refractivity (Wildman–Crippen MR) is 136 cm³/mol. The molecule has 0 bridgehead atoms. The number of carbonyl (C=O) groups is 2. The fraction of sp³-hybridized carbons (Fsp3) is 0.333. The summed E-state index contributed by atoms with van der Waals surface area (Å²) in [6.07, 6.45) is 2.01. The Morgan fingerprint density at radius 3 is 2.39 bits per heavy atom. The molecule has 0 spiro atoms. The Bertz CT molecular complexity index is 1210. The van der Waals surface area contributed by atoms with Gasteiger partial charge in [-0.25, -0.2) is 13.6 Å². The lowest BCUT2D eigenvalue weighted by molar-refractivity contribution is -0.132. The summed E-state index contributed by atoms with van der Waals surface area (Å²) in [5.41, 5.74) is 0.716. The number of hydrogen-bond donors (Lipinski definition) is 1. The Morgan fingerprint density at radius 2 is 1.74 bits per heavy atom. The van der Waals surface area contributed by atoms with Crippen molar-refractivity contribution in [1.82, 2.24) is 9.80 Å². The number of rotatable bonds is 13. The van der Waals surface area contributed by atoms with E-state index in [-0.39, 0.29) is 37.8 Å². The summed E-state index contributed by atoms with van der Waals surface area (Å²) in [5.74, 6) is -0.304. The third-order valence-corrected chi connectivity index (χ3v) is 5.75. The highest BCUT2D eigenvalue weighted by molar-refractivity contribution is 5.92. The van der Waals surface area contributed by atoms with Crippen LogP contribution in [0.4, 0.5) is 19.3 Å². The van der Waals surface area contributed by atoms with Crippen LogP contribution in [0.5, 0.6) is 11.5 Å². The highest BCUT2D eigenvalue weighted by Gasteiger charge is 2.23. The fourth-order valence-corrected chi connectivity index (χ4v) is 3.69. The molecule has 204 valence electrons. The molecule has 38 heavy (non-hydrogen) atoms. The molecule has 0 aliphatic rings. The van der Waals surface area contributed by atoms with Crippen molar-refractivity contribution in [3.8, 4) is 11.5 Å². The van der Waals surface area contributed by atoms with E-state index in [1.165, 1.54) is 18.3 Å². The molecule has 1 aromatic heterocycles. The van der Waals surface area contributed by atoms with E-state index in [2.05, 4.69) is 5.32 Å². The van der Waals surface area contributed by atoms with Gasteiger partial charge in [-0.2, -0.15) is 0 Å². The van der Waals surface area contributed by atoms with Crippen molar-refractivity contribution < 1.29 is 37.0 Å². The Balaban J connectivity index is 1.74. The first-order valence-corrected chi connectivity index (χ1v) is 11.9. The van der Waals surface area contributed by atoms with Gasteiger partial charge in [0.15, 0.2) is 11.5 Å². The Morgan fingerprint density at radius 1 is 0.947 bits per heavy atom. The minimum absolute atomic E-state index is 0.0706. The quantitative estimate of drug-likeness (QED) is 0.353. The van der Waals surface area contributed by atoms with Gasteiger partial charge in [-0.1, -0.05) is 6.07 Å². The van der Waals surface area contributed by atoms with E-state index in [1.807, 2.05) is 12.1 Å². The maximum absolute atomic E-state index is 14.1. The summed E-state index contributed by atoms with van der Waals surface area (Å²) in [4.78, 5) is 29.1. The number of urea groups is 1. The minimum atomic E-state index is -0.925.